The molecule has 1 aromatic carbocycles. The lowest BCUT2D eigenvalue weighted by Gasteiger charge is -2.39. The molecule has 1 heterocycles. The van der Waals surface area contributed by atoms with Gasteiger partial charge in [0.2, 0.25) is 0 Å². The minimum atomic E-state index is -1.00. The van der Waals surface area contributed by atoms with Gasteiger partial charge in [0.15, 0.2) is 5.78 Å². The van der Waals surface area contributed by atoms with Gasteiger partial charge in [-0.05, 0) is 36.5 Å². The Labute approximate surface area is 147 Å². The maximum atomic E-state index is 12.9. The predicted molar refractivity (Wildman–Crippen MR) is 94.3 cm³/mol. The SMILES string of the molecule is COc1ccc(C2C(C(=O)O)=C(C)NC3=C2C(=O)CC(C)(C)C3)cc1. The van der Waals surface area contributed by atoms with Crippen LogP contribution in [0.3, 0.4) is 0 Å². The third kappa shape index (κ3) is 3.06. The fourth-order valence-electron chi connectivity index (χ4n) is 3.85. The standard InChI is InChI=1S/C20H23NO4/c1-11-16(19(23)24)17(12-5-7-13(25-4)8-6-12)18-14(21-11)9-20(2,3)10-15(18)22/h5-8,17,21H,9-10H2,1-4H3,(H,23,24). The number of ether oxygens (including phenoxy) is 1. The molecule has 1 aliphatic carbocycles. The summed E-state index contributed by atoms with van der Waals surface area (Å²) in [6, 6.07) is 7.26. The van der Waals surface area contributed by atoms with E-state index < -0.39 is 11.9 Å². The number of aliphatic carboxylic acids is 1. The van der Waals surface area contributed by atoms with Crippen LogP contribution in [0.25, 0.3) is 0 Å². The molecule has 0 amide bonds. The van der Waals surface area contributed by atoms with Crippen molar-refractivity contribution in [2.75, 3.05) is 7.11 Å². The van der Waals surface area contributed by atoms with E-state index in [1.807, 2.05) is 12.1 Å². The maximum absolute atomic E-state index is 12.9. The average Bonchev–Trinajstić information content (AvgIpc) is 2.52. The Morgan fingerprint density at radius 1 is 1.24 bits per heavy atom. The number of Topliss-reactive ketones (excluding diaryl/α,β-unsaturated/α-hetero) is 1. The van der Waals surface area contributed by atoms with E-state index in [0.29, 0.717) is 23.4 Å². The highest BCUT2D eigenvalue weighted by atomic mass is 16.5. The number of rotatable bonds is 3. The van der Waals surface area contributed by atoms with Crippen LogP contribution in [0.1, 0.15) is 45.1 Å². The van der Waals surface area contributed by atoms with Gasteiger partial charge in [0.1, 0.15) is 5.75 Å². The summed E-state index contributed by atoms with van der Waals surface area (Å²) in [6.45, 7) is 5.88. The highest BCUT2D eigenvalue weighted by Crippen LogP contribution is 2.46. The zero-order valence-electron chi connectivity index (χ0n) is 15.0. The molecular weight excluding hydrogens is 318 g/mol. The van der Waals surface area contributed by atoms with E-state index >= 15 is 0 Å². The average molecular weight is 341 g/mol. The lowest BCUT2D eigenvalue weighted by molar-refractivity contribution is -0.133. The lowest BCUT2D eigenvalue weighted by Crippen LogP contribution is -2.38. The second kappa shape index (κ2) is 6.06. The van der Waals surface area contributed by atoms with Crippen molar-refractivity contribution in [3.8, 4) is 5.75 Å². The van der Waals surface area contributed by atoms with E-state index in [9.17, 15) is 14.7 Å². The van der Waals surface area contributed by atoms with E-state index in [1.54, 1.807) is 26.2 Å². The van der Waals surface area contributed by atoms with Crippen molar-refractivity contribution in [2.45, 2.75) is 39.5 Å². The molecule has 0 aromatic heterocycles. The van der Waals surface area contributed by atoms with Gasteiger partial charge in [0.25, 0.3) is 0 Å². The minimum absolute atomic E-state index is 0.0193. The topological polar surface area (TPSA) is 75.6 Å². The van der Waals surface area contributed by atoms with Gasteiger partial charge in [-0.2, -0.15) is 0 Å². The van der Waals surface area contributed by atoms with E-state index in [-0.39, 0.29) is 16.8 Å². The number of carbonyl (C=O) groups is 2. The summed E-state index contributed by atoms with van der Waals surface area (Å²) in [5.74, 6) is -0.843. The molecule has 0 radical (unpaired) electrons. The molecular formula is C20H23NO4. The Balaban J connectivity index is 2.17. The number of carboxylic acids is 1. The van der Waals surface area contributed by atoms with Gasteiger partial charge in [0.05, 0.1) is 12.7 Å². The van der Waals surface area contributed by atoms with Crippen LogP contribution in [0.5, 0.6) is 5.75 Å². The van der Waals surface area contributed by atoms with Gasteiger partial charge in [-0.3, -0.25) is 4.79 Å². The van der Waals surface area contributed by atoms with E-state index in [0.717, 1.165) is 17.7 Å². The summed E-state index contributed by atoms with van der Waals surface area (Å²) in [4.78, 5) is 24.8. The first-order chi connectivity index (χ1) is 11.7. The number of carbonyl (C=O) groups excluding carboxylic acids is 1. The molecule has 0 fully saturated rings. The molecule has 0 saturated heterocycles. The number of hydrogen-bond acceptors (Lipinski definition) is 4. The van der Waals surface area contributed by atoms with Crippen molar-refractivity contribution in [1.29, 1.82) is 0 Å². The minimum Gasteiger partial charge on any atom is -0.497 e. The number of benzene rings is 1. The third-order valence-corrected chi connectivity index (χ3v) is 4.92. The summed E-state index contributed by atoms with van der Waals surface area (Å²) >= 11 is 0. The number of hydrogen-bond donors (Lipinski definition) is 2. The van der Waals surface area contributed by atoms with Crippen LogP contribution in [0.15, 0.2) is 46.8 Å². The Bertz CT molecular complexity index is 799. The Morgan fingerprint density at radius 2 is 1.88 bits per heavy atom. The number of dihydropyridines is 1. The number of allylic oxidation sites excluding steroid dienone is 3. The van der Waals surface area contributed by atoms with Crippen LogP contribution in [0, 0.1) is 5.41 Å². The summed E-state index contributed by atoms with van der Waals surface area (Å²) < 4.78 is 5.19. The van der Waals surface area contributed by atoms with Gasteiger partial charge < -0.3 is 15.2 Å². The van der Waals surface area contributed by atoms with Crippen molar-refractivity contribution in [3.05, 3.63) is 52.4 Å². The van der Waals surface area contributed by atoms with E-state index in [2.05, 4.69) is 19.2 Å². The van der Waals surface area contributed by atoms with Gasteiger partial charge in [-0.1, -0.05) is 26.0 Å². The molecule has 25 heavy (non-hydrogen) atoms. The van der Waals surface area contributed by atoms with Crippen LogP contribution in [-0.4, -0.2) is 24.0 Å². The third-order valence-electron chi connectivity index (χ3n) is 4.92. The normalized spacial score (nSPS) is 22.4. The number of methoxy groups -OCH3 is 1. The fraction of sp³-hybridized carbons (Fsp3) is 0.400. The summed E-state index contributed by atoms with van der Waals surface area (Å²) in [5.41, 5.74) is 2.93. The van der Waals surface area contributed by atoms with Crippen molar-refractivity contribution in [3.63, 3.8) is 0 Å². The maximum Gasteiger partial charge on any atom is 0.334 e. The molecule has 1 aliphatic heterocycles. The molecule has 0 bridgehead atoms. The Hall–Kier alpha value is -2.56. The van der Waals surface area contributed by atoms with Crippen LogP contribution < -0.4 is 10.1 Å². The summed E-state index contributed by atoms with van der Waals surface area (Å²) in [5, 5.41) is 13.0. The van der Waals surface area contributed by atoms with Crippen molar-refractivity contribution >= 4 is 11.8 Å². The zero-order valence-corrected chi connectivity index (χ0v) is 15.0. The lowest BCUT2D eigenvalue weighted by atomic mass is 9.68. The van der Waals surface area contributed by atoms with Crippen molar-refractivity contribution < 1.29 is 19.4 Å². The predicted octanol–water partition coefficient (Wildman–Crippen LogP) is 3.38. The van der Waals surface area contributed by atoms with Gasteiger partial charge in [-0.25, -0.2) is 4.79 Å². The van der Waals surface area contributed by atoms with Gasteiger partial charge >= 0.3 is 5.97 Å². The van der Waals surface area contributed by atoms with Gasteiger partial charge in [-0.15, -0.1) is 0 Å². The molecule has 132 valence electrons. The first-order valence-electron chi connectivity index (χ1n) is 8.35. The molecule has 3 rings (SSSR count). The Kier molecular flexibility index (Phi) is 4.19. The van der Waals surface area contributed by atoms with Crippen LogP contribution in [0.2, 0.25) is 0 Å². The second-order valence-electron chi connectivity index (χ2n) is 7.51. The van der Waals surface area contributed by atoms with Crippen molar-refractivity contribution in [2.24, 2.45) is 5.41 Å². The molecule has 2 aliphatic rings. The fourth-order valence-corrected chi connectivity index (χ4v) is 3.85. The first kappa shape index (κ1) is 17.3. The first-order valence-corrected chi connectivity index (χ1v) is 8.35. The number of ketones is 1. The van der Waals surface area contributed by atoms with E-state index in [1.165, 1.54) is 0 Å². The molecule has 1 aromatic rings. The molecule has 5 nitrogen and oxygen atoms in total. The zero-order chi connectivity index (χ0) is 18.4. The Morgan fingerprint density at radius 3 is 2.44 bits per heavy atom. The highest BCUT2D eigenvalue weighted by Gasteiger charge is 2.42. The molecule has 5 heteroatoms. The molecule has 0 saturated carbocycles. The van der Waals surface area contributed by atoms with Crippen LogP contribution in [-0.2, 0) is 9.59 Å². The van der Waals surface area contributed by atoms with Gasteiger partial charge in [0, 0.05) is 29.3 Å². The smallest absolute Gasteiger partial charge is 0.334 e. The summed E-state index contributed by atoms with van der Waals surface area (Å²) in [7, 11) is 1.58. The molecule has 1 atom stereocenters. The highest BCUT2D eigenvalue weighted by molar-refractivity contribution is 6.03. The molecule has 1 unspecified atom stereocenters. The van der Waals surface area contributed by atoms with Crippen LogP contribution in [0.4, 0.5) is 0 Å². The number of nitrogens with one attached hydrogen (secondary N) is 1. The summed E-state index contributed by atoms with van der Waals surface area (Å²) in [6.07, 6.45) is 1.15. The molecule has 0 spiro atoms. The van der Waals surface area contributed by atoms with Crippen LogP contribution >= 0.6 is 0 Å². The van der Waals surface area contributed by atoms with Crippen molar-refractivity contribution in [1.82, 2.24) is 5.32 Å². The van der Waals surface area contributed by atoms with E-state index in [4.69, 9.17) is 4.74 Å². The quantitative estimate of drug-likeness (QED) is 0.881. The second-order valence-corrected chi connectivity index (χ2v) is 7.51. The largest absolute Gasteiger partial charge is 0.497 e. The monoisotopic (exact) mass is 341 g/mol. The molecule has 2 N–H and O–H groups in total. The number of carboxylic acid groups (broad SMARTS) is 1.